The minimum atomic E-state index is -0.127. The van der Waals surface area contributed by atoms with Gasteiger partial charge >= 0.3 is 0 Å². The van der Waals surface area contributed by atoms with Crippen LogP contribution in [0.5, 0.6) is 0 Å². The van der Waals surface area contributed by atoms with Crippen molar-refractivity contribution in [1.82, 2.24) is 19.7 Å². The third-order valence-corrected chi connectivity index (χ3v) is 4.50. The van der Waals surface area contributed by atoms with Crippen LogP contribution >= 0.6 is 0 Å². The minimum absolute atomic E-state index is 0.00430. The van der Waals surface area contributed by atoms with Gasteiger partial charge in [-0.1, -0.05) is 24.3 Å². The molecule has 0 radical (unpaired) electrons. The number of nitrogens with zero attached hydrogens (tertiary/aromatic N) is 3. The number of rotatable bonds is 5. The predicted molar refractivity (Wildman–Crippen MR) is 104 cm³/mol. The van der Waals surface area contributed by atoms with Gasteiger partial charge in [0.05, 0.1) is 11.4 Å². The van der Waals surface area contributed by atoms with Gasteiger partial charge in [-0.2, -0.15) is 5.10 Å². The van der Waals surface area contributed by atoms with E-state index in [0.717, 1.165) is 10.9 Å². The lowest BCUT2D eigenvalue weighted by molar-refractivity contribution is 0.274. The van der Waals surface area contributed by atoms with Crippen molar-refractivity contribution >= 4 is 16.6 Å². The number of aromatic nitrogens is 3. The molecule has 0 saturated heterocycles. The number of nitrogens with one attached hydrogen (secondary N) is 2. The molecule has 2 unspecified atom stereocenters. The first-order chi connectivity index (χ1) is 12.4. The zero-order valence-electron chi connectivity index (χ0n) is 15.4. The van der Waals surface area contributed by atoms with Crippen molar-refractivity contribution in [2.75, 3.05) is 19.4 Å². The average molecular weight is 353 g/mol. The molecule has 0 saturated carbocycles. The number of hydrogen-bond donors (Lipinski definition) is 2. The van der Waals surface area contributed by atoms with Crippen LogP contribution in [0.4, 0.5) is 5.82 Å². The van der Waals surface area contributed by atoms with E-state index in [-0.39, 0.29) is 23.2 Å². The van der Waals surface area contributed by atoms with E-state index in [1.165, 1.54) is 10.7 Å². The molecule has 0 bridgehead atoms. The Morgan fingerprint density at radius 2 is 1.81 bits per heavy atom. The molecule has 2 heterocycles. The van der Waals surface area contributed by atoms with E-state index in [0.29, 0.717) is 11.2 Å². The molecular weight excluding hydrogens is 330 g/mol. The highest BCUT2D eigenvalue weighted by Crippen LogP contribution is 2.25. The number of pyridine rings is 1. The Hall–Kier alpha value is -2.93. The van der Waals surface area contributed by atoms with Gasteiger partial charge in [-0.15, -0.1) is 0 Å². The first-order valence-corrected chi connectivity index (χ1v) is 8.46. The number of fused-ring (bicyclic) bond motifs is 1. The van der Waals surface area contributed by atoms with E-state index >= 15 is 0 Å². The summed E-state index contributed by atoms with van der Waals surface area (Å²) in [5, 5.41) is 9.27. The monoisotopic (exact) mass is 353 g/mol. The van der Waals surface area contributed by atoms with Crippen LogP contribution in [0.15, 0.2) is 52.2 Å². The molecule has 0 aliphatic carbocycles. The lowest BCUT2D eigenvalue weighted by Crippen LogP contribution is -2.35. The fourth-order valence-corrected chi connectivity index (χ4v) is 3.34. The maximum absolute atomic E-state index is 12.3. The van der Waals surface area contributed by atoms with Crippen molar-refractivity contribution in [3.63, 3.8) is 0 Å². The molecule has 2 atom stereocenters. The van der Waals surface area contributed by atoms with Gasteiger partial charge in [-0.25, -0.2) is 4.68 Å². The second-order valence-corrected chi connectivity index (χ2v) is 6.65. The van der Waals surface area contributed by atoms with Crippen LogP contribution in [-0.4, -0.2) is 39.8 Å². The topological polar surface area (TPSA) is 83.0 Å². The number of hydrogen-bond acceptors (Lipinski definition) is 5. The van der Waals surface area contributed by atoms with Crippen LogP contribution in [-0.2, 0) is 7.05 Å². The number of H-pyrrole nitrogens is 1. The Balaban J connectivity index is 2.00. The summed E-state index contributed by atoms with van der Waals surface area (Å²) in [5.74, 6) is 0.659. The molecule has 2 N–H and O–H groups in total. The van der Waals surface area contributed by atoms with Crippen LogP contribution in [0.25, 0.3) is 10.8 Å². The summed E-state index contributed by atoms with van der Waals surface area (Å²) in [6.45, 7) is 2.05. The Labute approximate surface area is 151 Å². The van der Waals surface area contributed by atoms with Crippen molar-refractivity contribution in [2.24, 2.45) is 7.05 Å². The summed E-state index contributed by atoms with van der Waals surface area (Å²) in [6, 6.07) is 10.8. The maximum atomic E-state index is 12.3. The van der Waals surface area contributed by atoms with Crippen molar-refractivity contribution < 1.29 is 0 Å². The molecule has 2 aromatic heterocycles. The summed E-state index contributed by atoms with van der Waals surface area (Å²) in [6.07, 6.45) is 1.73. The molecule has 0 aliphatic rings. The van der Waals surface area contributed by atoms with Crippen molar-refractivity contribution in [2.45, 2.75) is 19.0 Å². The minimum Gasteiger partial charge on any atom is -0.364 e. The normalized spacial score (nSPS) is 13.7. The highest BCUT2D eigenvalue weighted by atomic mass is 16.1. The van der Waals surface area contributed by atoms with Crippen LogP contribution in [0, 0.1) is 0 Å². The molecule has 0 fully saturated rings. The van der Waals surface area contributed by atoms with Crippen molar-refractivity contribution in [3.05, 3.63) is 68.9 Å². The largest absolute Gasteiger partial charge is 0.364 e. The third-order valence-electron chi connectivity index (χ3n) is 4.50. The van der Waals surface area contributed by atoms with Gasteiger partial charge in [-0.3, -0.25) is 9.59 Å². The summed E-state index contributed by atoms with van der Waals surface area (Å²) in [7, 11) is 5.62. The van der Waals surface area contributed by atoms with E-state index in [4.69, 9.17) is 0 Å². The molecule has 7 nitrogen and oxygen atoms in total. The summed E-state index contributed by atoms with van der Waals surface area (Å²) in [4.78, 5) is 28.5. The molecule has 3 aromatic rings. The summed E-state index contributed by atoms with van der Waals surface area (Å²) < 4.78 is 1.35. The molecule has 26 heavy (non-hydrogen) atoms. The van der Waals surface area contributed by atoms with Crippen molar-refractivity contribution in [1.29, 1.82) is 0 Å². The van der Waals surface area contributed by atoms with Gasteiger partial charge in [0.2, 0.25) is 5.56 Å². The van der Waals surface area contributed by atoms with Gasteiger partial charge < -0.3 is 15.2 Å². The summed E-state index contributed by atoms with van der Waals surface area (Å²) >= 11 is 0. The molecule has 0 amide bonds. The smallest absolute Gasteiger partial charge is 0.274 e. The van der Waals surface area contributed by atoms with Gasteiger partial charge in [0.25, 0.3) is 5.56 Å². The number of anilines is 1. The molecule has 1 aromatic carbocycles. The zero-order valence-corrected chi connectivity index (χ0v) is 15.4. The lowest BCUT2D eigenvalue weighted by Gasteiger charge is -2.31. The van der Waals surface area contributed by atoms with Gasteiger partial charge in [0.1, 0.15) is 0 Å². The third kappa shape index (κ3) is 3.39. The fraction of sp³-hybridized carbons (Fsp3) is 0.316. The second kappa shape index (κ2) is 7.13. The number of likely N-dealkylation sites (N-methyl/N-ethyl adjacent to an activating group) is 1. The highest BCUT2D eigenvalue weighted by molar-refractivity contribution is 5.90. The van der Waals surface area contributed by atoms with Crippen LogP contribution < -0.4 is 16.4 Å². The average Bonchev–Trinajstić information content (AvgIpc) is 2.61. The standard InChI is InChI=1S/C19H23N5O2/c1-12(17(23(2)3)13-9-10-16(25)20-11-13)21-18-14-7-5-6-8-15(14)19(26)24(4)22-18/h5-12,17H,1-4H3,(H,20,25)(H,21,22). The maximum Gasteiger partial charge on any atom is 0.274 e. The highest BCUT2D eigenvalue weighted by Gasteiger charge is 2.23. The van der Waals surface area contributed by atoms with E-state index in [1.54, 1.807) is 19.3 Å². The SMILES string of the molecule is CC(Nc1nn(C)c(=O)c2ccccc12)C(c1ccc(=O)[nH]c1)N(C)C. The number of aryl methyl sites for hydroxylation is 1. The molecule has 3 rings (SSSR count). The van der Waals surface area contributed by atoms with Crippen LogP contribution in [0.2, 0.25) is 0 Å². The molecule has 136 valence electrons. The molecule has 0 aliphatic heterocycles. The number of benzene rings is 1. The summed E-state index contributed by atoms with van der Waals surface area (Å²) in [5.41, 5.74) is 0.741. The quantitative estimate of drug-likeness (QED) is 0.730. The molecular formula is C19H23N5O2. The van der Waals surface area contributed by atoms with E-state index in [9.17, 15) is 9.59 Å². The van der Waals surface area contributed by atoms with Gasteiger partial charge in [-0.05, 0) is 32.6 Å². The molecule has 7 heteroatoms. The van der Waals surface area contributed by atoms with Crippen LogP contribution in [0.1, 0.15) is 18.5 Å². The predicted octanol–water partition coefficient (Wildman–Crippen LogP) is 1.73. The van der Waals surface area contributed by atoms with Gasteiger partial charge in [0.15, 0.2) is 5.82 Å². The Bertz CT molecular complexity index is 1020. The van der Waals surface area contributed by atoms with Crippen molar-refractivity contribution in [3.8, 4) is 0 Å². The fourth-order valence-electron chi connectivity index (χ4n) is 3.34. The van der Waals surface area contributed by atoms with Gasteiger partial charge in [0, 0.05) is 30.7 Å². The second-order valence-electron chi connectivity index (χ2n) is 6.65. The Morgan fingerprint density at radius 1 is 1.12 bits per heavy atom. The van der Waals surface area contributed by atoms with E-state index < -0.39 is 0 Å². The zero-order chi connectivity index (χ0) is 18.8. The number of aromatic amines is 1. The van der Waals surface area contributed by atoms with Crippen LogP contribution in [0.3, 0.4) is 0 Å². The lowest BCUT2D eigenvalue weighted by atomic mass is 10.0. The Kier molecular flexibility index (Phi) is 4.90. The van der Waals surface area contributed by atoms with E-state index in [1.807, 2.05) is 38.4 Å². The first-order valence-electron chi connectivity index (χ1n) is 8.46. The first kappa shape index (κ1) is 17.9. The van der Waals surface area contributed by atoms with E-state index in [2.05, 4.69) is 27.2 Å². The molecule has 0 spiro atoms. The Morgan fingerprint density at radius 3 is 2.42 bits per heavy atom.